The Morgan fingerprint density at radius 1 is 1.00 bits per heavy atom. The first-order chi connectivity index (χ1) is 9.75. The summed E-state index contributed by atoms with van der Waals surface area (Å²) >= 11 is 0. The van der Waals surface area contributed by atoms with Gasteiger partial charge in [0.2, 0.25) is 0 Å². The number of carboxylic acid groups (broad SMARTS) is 1. The molecule has 0 spiro atoms. The molecular formula is C15H11N3O2. The molecule has 0 saturated carbocycles. The van der Waals surface area contributed by atoms with Crippen molar-refractivity contribution in [3.8, 4) is 22.6 Å². The lowest BCUT2D eigenvalue weighted by atomic mass is 10.1. The molecule has 0 atom stereocenters. The van der Waals surface area contributed by atoms with Crippen molar-refractivity contribution in [1.82, 2.24) is 15.0 Å². The Kier molecular flexibility index (Phi) is 3.01. The van der Waals surface area contributed by atoms with Crippen LogP contribution in [0, 0.1) is 0 Å². The van der Waals surface area contributed by atoms with E-state index in [2.05, 4.69) is 15.0 Å². The van der Waals surface area contributed by atoms with E-state index in [-0.39, 0.29) is 5.69 Å². The molecular weight excluding hydrogens is 254 g/mol. The number of H-pyrrole nitrogens is 1. The predicted molar refractivity (Wildman–Crippen MR) is 74.2 cm³/mol. The Hall–Kier alpha value is -2.95. The third-order valence-corrected chi connectivity index (χ3v) is 2.92. The minimum Gasteiger partial charge on any atom is -0.477 e. The van der Waals surface area contributed by atoms with Gasteiger partial charge in [0.1, 0.15) is 11.5 Å². The summed E-state index contributed by atoms with van der Waals surface area (Å²) in [5.74, 6) is -0.499. The highest BCUT2D eigenvalue weighted by Crippen LogP contribution is 2.25. The van der Waals surface area contributed by atoms with Crippen LogP contribution in [-0.2, 0) is 0 Å². The average Bonchev–Trinajstić information content (AvgIpc) is 2.94. The minimum absolute atomic E-state index is 0.0788. The molecule has 3 rings (SSSR count). The first-order valence-corrected chi connectivity index (χ1v) is 6.05. The molecule has 20 heavy (non-hydrogen) atoms. The molecule has 2 heterocycles. The van der Waals surface area contributed by atoms with E-state index >= 15 is 0 Å². The zero-order valence-corrected chi connectivity index (χ0v) is 10.4. The van der Waals surface area contributed by atoms with Crippen molar-refractivity contribution in [1.29, 1.82) is 0 Å². The second kappa shape index (κ2) is 4.97. The molecule has 0 aliphatic heterocycles. The summed E-state index contributed by atoms with van der Waals surface area (Å²) in [5.41, 5.74) is 2.06. The lowest BCUT2D eigenvalue weighted by Crippen LogP contribution is -1.99. The number of nitrogens with one attached hydrogen (secondary N) is 1. The van der Waals surface area contributed by atoms with Gasteiger partial charge in [-0.25, -0.2) is 9.78 Å². The first kappa shape index (κ1) is 12.1. The van der Waals surface area contributed by atoms with Crippen molar-refractivity contribution in [2.75, 3.05) is 0 Å². The van der Waals surface area contributed by atoms with E-state index < -0.39 is 5.97 Å². The molecule has 0 aliphatic rings. The molecule has 0 unspecified atom stereocenters. The summed E-state index contributed by atoms with van der Waals surface area (Å²) in [5, 5.41) is 9.30. The van der Waals surface area contributed by atoms with Crippen LogP contribution in [0.3, 0.4) is 0 Å². The number of nitrogens with zero attached hydrogens (tertiary/aromatic N) is 2. The third kappa shape index (κ3) is 2.16. The molecule has 5 nitrogen and oxygen atoms in total. The van der Waals surface area contributed by atoms with Gasteiger partial charge in [-0.1, -0.05) is 30.3 Å². The topological polar surface area (TPSA) is 78.9 Å². The van der Waals surface area contributed by atoms with E-state index in [0.29, 0.717) is 11.5 Å². The predicted octanol–water partition coefficient (Wildman–Crippen LogP) is 2.84. The number of carboxylic acids is 1. The number of aromatic carboxylic acids is 1. The number of imidazole rings is 1. The second-order valence-electron chi connectivity index (χ2n) is 4.22. The zero-order valence-electron chi connectivity index (χ0n) is 10.4. The van der Waals surface area contributed by atoms with Gasteiger partial charge in [0, 0.05) is 23.5 Å². The Morgan fingerprint density at radius 2 is 1.70 bits per heavy atom. The van der Waals surface area contributed by atoms with Gasteiger partial charge in [-0.15, -0.1) is 0 Å². The highest BCUT2D eigenvalue weighted by molar-refractivity contribution is 5.93. The van der Waals surface area contributed by atoms with Crippen molar-refractivity contribution < 1.29 is 9.90 Å². The van der Waals surface area contributed by atoms with E-state index in [1.54, 1.807) is 24.5 Å². The SMILES string of the molecule is O=C(O)c1[nH]c(-c2ccccc2)nc1-c1ccncc1. The normalized spacial score (nSPS) is 10.4. The number of hydrogen-bond acceptors (Lipinski definition) is 3. The van der Waals surface area contributed by atoms with Crippen molar-refractivity contribution in [3.05, 3.63) is 60.6 Å². The van der Waals surface area contributed by atoms with Gasteiger partial charge in [-0.3, -0.25) is 4.98 Å². The van der Waals surface area contributed by atoms with Gasteiger partial charge in [0.15, 0.2) is 5.69 Å². The minimum atomic E-state index is -1.04. The lowest BCUT2D eigenvalue weighted by molar-refractivity contribution is 0.0692. The van der Waals surface area contributed by atoms with Crippen LogP contribution in [0.1, 0.15) is 10.5 Å². The van der Waals surface area contributed by atoms with Crippen LogP contribution in [0.25, 0.3) is 22.6 Å². The van der Waals surface area contributed by atoms with Gasteiger partial charge in [-0.05, 0) is 12.1 Å². The number of hydrogen-bond donors (Lipinski definition) is 2. The molecule has 98 valence electrons. The fourth-order valence-electron chi connectivity index (χ4n) is 1.98. The Labute approximate surface area is 115 Å². The maximum atomic E-state index is 11.4. The van der Waals surface area contributed by atoms with E-state index in [9.17, 15) is 9.90 Å². The number of benzene rings is 1. The van der Waals surface area contributed by atoms with Gasteiger partial charge in [-0.2, -0.15) is 0 Å². The lowest BCUT2D eigenvalue weighted by Gasteiger charge is -1.97. The number of rotatable bonds is 3. The van der Waals surface area contributed by atoms with E-state index in [1.165, 1.54) is 0 Å². The molecule has 0 aliphatic carbocycles. The largest absolute Gasteiger partial charge is 0.477 e. The number of aromatic amines is 1. The summed E-state index contributed by atoms with van der Waals surface area (Å²) in [6.45, 7) is 0. The summed E-state index contributed by atoms with van der Waals surface area (Å²) in [4.78, 5) is 22.6. The Balaban J connectivity index is 2.15. The number of aromatic nitrogens is 3. The van der Waals surface area contributed by atoms with Crippen LogP contribution in [0.4, 0.5) is 0 Å². The van der Waals surface area contributed by atoms with Crippen molar-refractivity contribution >= 4 is 5.97 Å². The summed E-state index contributed by atoms with van der Waals surface area (Å²) in [6.07, 6.45) is 3.22. The highest BCUT2D eigenvalue weighted by atomic mass is 16.4. The van der Waals surface area contributed by atoms with Crippen LogP contribution >= 0.6 is 0 Å². The highest BCUT2D eigenvalue weighted by Gasteiger charge is 2.18. The second-order valence-corrected chi connectivity index (χ2v) is 4.22. The smallest absolute Gasteiger partial charge is 0.354 e. The molecule has 3 aromatic rings. The maximum absolute atomic E-state index is 11.4. The number of pyridine rings is 1. The first-order valence-electron chi connectivity index (χ1n) is 6.05. The summed E-state index contributed by atoms with van der Waals surface area (Å²) < 4.78 is 0. The molecule has 0 fully saturated rings. The van der Waals surface area contributed by atoms with Crippen molar-refractivity contribution in [2.45, 2.75) is 0 Å². The molecule has 5 heteroatoms. The molecule has 2 aromatic heterocycles. The molecule has 2 N–H and O–H groups in total. The van der Waals surface area contributed by atoms with Crippen LogP contribution in [0.15, 0.2) is 54.9 Å². The molecule has 1 aromatic carbocycles. The molecule has 0 saturated heterocycles. The van der Waals surface area contributed by atoms with E-state index in [0.717, 1.165) is 11.1 Å². The van der Waals surface area contributed by atoms with Crippen molar-refractivity contribution in [2.24, 2.45) is 0 Å². The number of carbonyl (C=O) groups is 1. The third-order valence-electron chi connectivity index (χ3n) is 2.92. The Bertz CT molecular complexity index is 736. The van der Waals surface area contributed by atoms with E-state index in [1.807, 2.05) is 30.3 Å². The standard InChI is InChI=1S/C15H11N3O2/c19-15(20)13-12(10-6-8-16-9-7-10)17-14(18-13)11-4-2-1-3-5-11/h1-9H,(H,17,18)(H,19,20). The van der Waals surface area contributed by atoms with Crippen molar-refractivity contribution in [3.63, 3.8) is 0 Å². The van der Waals surface area contributed by atoms with Gasteiger partial charge >= 0.3 is 5.97 Å². The van der Waals surface area contributed by atoms with E-state index in [4.69, 9.17) is 0 Å². The average molecular weight is 265 g/mol. The van der Waals surface area contributed by atoms with Crippen LogP contribution in [0.2, 0.25) is 0 Å². The van der Waals surface area contributed by atoms with Crippen LogP contribution in [0.5, 0.6) is 0 Å². The monoisotopic (exact) mass is 265 g/mol. The maximum Gasteiger partial charge on any atom is 0.354 e. The molecule has 0 bridgehead atoms. The van der Waals surface area contributed by atoms with Gasteiger partial charge in [0.25, 0.3) is 0 Å². The zero-order chi connectivity index (χ0) is 13.9. The summed E-state index contributed by atoms with van der Waals surface area (Å²) in [7, 11) is 0. The van der Waals surface area contributed by atoms with Crippen LogP contribution < -0.4 is 0 Å². The molecule has 0 amide bonds. The molecule has 0 radical (unpaired) electrons. The van der Waals surface area contributed by atoms with Gasteiger partial charge < -0.3 is 10.1 Å². The Morgan fingerprint density at radius 3 is 2.35 bits per heavy atom. The summed E-state index contributed by atoms with van der Waals surface area (Å²) in [6, 6.07) is 12.9. The fraction of sp³-hybridized carbons (Fsp3) is 0. The van der Waals surface area contributed by atoms with Crippen LogP contribution in [-0.4, -0.2) is 26.0 Å². The van der Waals surface area contributed by atoms with Gasteiger partial charge in [0.05, 0.1) is 0 Å². The fourth-order valence-corrected chi connectivity index (χ4v) is 1.98. The quantitative estimate of drug-likeness (QED) is 0.763.